The van der Waals surface area contributed by atoms with E-state index >= 15 is 0 Å². The summed E-state index contributed by atoms with van der Waals surface area (Å²) in [7, 11) is 0. The Morgan fingerprint density at radius 2 is 1.94 bits per heavy atom. The molecule has 2 aromatic carbocycles. The molecule has 18 heavy (non-hydrogen) atoms. The summed E-state index contributed by atoms with van der Waals surface area (Å²) in [6, 6.07) is 11.2. The Hall–Kier alpha value is -1.87. The first-order valence-electron chi connectivity index (χ1n) is 5.69. The SMILES string of the molecule is Cc1cc(F)c(-c2cccc3ccsc23)cc1N. The molecule has 1 heterocycles. The van der Waals surface area contributed by atoms with E-state index in [-0.39, 0.29) is 5.82 Å². The van der Waals surface area contributed by atoms with Gasteiger partial charge in [-0.25, -0.2) is 4.39 Å². The standard InChI is InChI=1S/C15H12FNS/c1-9-7-13(16)12(8-14(9)17)11-4-2-3-10-5-6-18-15(10)11/h2-8H,17H2,1H3. The molecule has 0 aliphatic heterocycles. The normalized spacial score (nSPS) is 11.0. The molecule has 0 spiro atoms. The van der Waals surface area contributed by atoms with E-state index in [0.29, 0.717) is 11.3 Å². The number of aryl methyl sites for hydroxylation is 1. The van der Waals surface area contributed by atoms with Crippen LogP contribution in [0.1, 0.15) is 5.56 Å². The molecule has 3 heteroatoms. The minimum absolute atomic E-state index is 0.220. The number of hydrogen-bond acceptors (Lipinski definition) is 2. The van der Waals surface area contributed by atoms with E-state index in [1.807, 2.05) is 36.6 Å². The fraction of sp³-hybridized carbons (Fsp3) is 0.0667. The molecule has 3 aromatic rings. The first kappa shape index (κ1) is 11.2. The average Bonchev–Trinajstić information content (AvgIpc) is 2.82. The highest BCUT2D eigenvalue weighted by atomic mass is 32.1. The van der Waals surface area contributed by atoms with Gasteiger partial charge in [-0.15, -0.1) is 11.3 Å². The van der Waals surface area contributed by atoms with Crippen molar-refractivity contribution in [2.45, 2.75) is 6.92 Å². The number of anilines is 1. The van der Waals surface area contributed by atoms with Crippen molar-refractivity contribution in [1.29, 1.82) is 0 Å². The molecule has 0 saturated heterocycles. The fourth-order valence-electron chi connectivity index (χ4n) is 2.10. The van der Waals surface area contributed by atoms with Gasteiger partial charge in [0.2, 0.25) is 0 Å². The third-order valence-electron chi connectivity index (χ3n) is 3.12. The van der Waals surface area contributed by atoms with Crippen molar-refractivity contribution < 1.29 is 4.39 Å². The van der Waals surface area contributed by atoms with Gasteiger partial charge in [0.1, 0.15) is 5.82 Å². The monoisotopic (exact) mass is 257 g/mol. The third kappa shape index (κ3) is 1.68. The molecular weight excluding hydrogens is 245 g/mol. The van der Waals surface area contributed by atoms with E-state index in [1.54, 1.807) is 17.4 Å². The van der Waals surface area contributed by atoms with Crippen molar-refractivity contribution >= 4 is 27.1 Å². The highest BCUT2D eigenvalue weighted by Crippen LogP contribution is 2.35. The van der Waals surface area contributed by atoms with Gasteiger partial charge in [0.25, 0.3) is 0 Å². The van der Waals surface area contributed by atoms with Gasteiger partial charge in [-0.05, 0) is 41.5 Å². The zero-order valence-corrected chi connectivity index (χ0v) is 10.7. The molecule has 1 nitrogen and oxygen atoms in total. The molecule has 1 aromatic heterocycles. The topological polar surface area (TPSA) is 26.0 Å². The van der Waals surface area contributed by atoms with Crippen LogP contribution in [0, 0.1) is 12.7 Å². The Morgan fingerprint density at radius 3 is 2.78 bits per heavy atom. The highest BCUT2D eigenvalue weighted by Gasteiger charge is 2.11. The second-order valence-electron chi connectivity index (χ2n) is 4.33. The van der Waals surface area contributed by atoms with Gasteiger partial charge >= 0.3 is 0 Å². The number of halogens is 1. The smallest absolute Gasteiger partial charge is 0.131 e. The minimum atomic E-state index is -0.220. The first-order valence-corrected chi connectivity index (χ1v) is 6.57. The van der Waals surface area contributed by atoms with Crippen LogP contribution >= 0.6 is 11.3 Å². The maximum absolute atomic E-state index is 14.1. The summed E-state index contributed by atoms with van der Waals surface area (Å²) in [5.74, 6) is -0.220. The average molecular weight is 257 g/mol. The van der Waals surface area contributed by atoms with Crippen LogP contribution in [-0.4, -0.2) is 0 Å². The first-order chi connectivity index (χ1) is 8.66. The largest absolute Gasteiger partial charge is 0.398 e. The Bertz CT molecular complexity index is 730. The molecule has 0 saturated carbocycles. The lowest BCUT2D eigenvalue weighted by Crippen LogP contribution is -1.93. The van der Waals surface area contributed by atoms with Crippen LogP contribution in [0.5, 0.6) is 0 Å². The maximum atomic E-state index is 14.1. The van der Waals surface area contributed by atoms with Gasteiger partial charge in [-0.3, -0.25) is 0 Å². The molecule has 2 N–H and O–H groups in total. The quantitative estimate of drug-likeness (QED) is 0.633. The number of nitrogen functional groups attached to an aromatic ring is 1. The Kier molecular flexibility index (Phi) is 2.56. The van der Waals surface area contributed by atoms with Crippen LogP contribution in [0.25, 0.3) is 21.2 Å². The van der Waals surface area contributed by atoms with E-state index in [0.717, 1.165) is 21.2 Å². The van der Waals surface area contributed by atoms with Crippen molar-refractivity contribution in [3.8, 4) is 11.1 Å². The lowest BCUT2D eigenvalue weighted by Gasteiger charge is -2.08. The number of hydrogen-bond donors (Lipinski definition) is 1. The van der Waals surface area contributed by atoms with Crippen LogP contribution in [0.3, 0.4) is 0 Å². The van der Waals surface area contributed by atoms with E-state index < -0.39 is 0 Å². The molecule has 0 radical (unpaired) electrons. The summed E-state index contributed by atoms with van der Waals surface area (Å²) in [4.78, 5) is 0. The van der Waals surface area contributed by atoms with E-state index in [4.69, 9.17) is 5.73 Å². The highest BCUT2D eigenvalue weighted by molar-refractivity contribution is 7.17. The van der Waals surface area contributed by atoms with Crippen molar-refractivity contribution in [1.82, 2.24) is 0 Å². The molecular formula is C15H12FNS. The number of fused-ring (bicyclic) bond motifs is 1. The van der Waals surface area contributed by atoms with Crippen molar-refractivity contribution in [2.75, 3.05) is 5.73 Å². The van der Waals surface area contributed by atoms with E-state index in [9.17, 15) is 4.39 Å². The van der Waals surface area contributed by atoms with E-state index in [1.165, 1.54) is 6.07 Å². The van der Waals surface area contributed by atoms with Gasteiger partial charge in [0.05, 0.1) is 0 Å². The molecule has 0 fully saturated rings. The van der Waals surface area contributed by atoms with Crippen LogP contribution in [0.15, 0.2) is 41.8 Å². The van der Waals surface area contributed by atoms with Gasteiger partial charge in [0, 0.05) is 21.5 Å². The lowest BCUT2D eigenvalue weighted by atomic mass is 10.0. The van der Waals surface area contributed by atoms with Gasteiger partial charge in [-0.1, -0.05) is 18.2 Å². The fourth-order valence-corrected chi connectivity index (χ4v) is 3.03. The summed E-state index contributed by atoms with van der Waals surface area (Å²) in [6.45, 7) is 1.81. The summed E-state index contributed by atoms with van der Waals surface area (Å²) >= 11 is 1.62. The van der Waals surface area contributed by atoms with Crippen LogP contribution < -0.4 is 5.73 Å². The third-order valence-corrected chi connectivity index (χ3v) is 4.09. The van der Waals surface area contributed by atoms with Crippen molar-refractivity contribution in [2.24, 2.45) is 0 Å². The molecule has 90 valence electrons. The molecule has 0 atom stereocenters. The van der Waals surface area contributed by atoms with Crippen molar-refractivity contribution in [3.63, 3.8) is 0 Å². The number of thiophene rings is 1. The van der Waals surface area contributed by atoms with E-state index in [2.05, 4.69) is 0 Å². The second-order valence-corrected chi connectivity index (χ2v) is 5.25. The zero-order valence-electron chi connectivity index (χ0n) is 9.91. The predicted molar refractivity (Wildman–Crippen MR) is 76.4 cm³/mol. The second kappa shape index (κ2) is 4.10. The minimum Gasteiger partial charge on any atom is -0.398 e. The van der Waals surface area contributed by atoms with Gasteiger partial charge in [-0.2, -0.15) is 0 Å². The lowest BCUT2D eigenvalue weighted by molar-refractivity contribution is 0.630. The Balaban J connectivity index is 2.32. The zero-order chi connectivity index (χ0) is 12.7. The van der Waals surface area contributed by atoms with Crippen LogP contribution in [-0.2, 0) is 0 Å². The molecule has 0 amide bonds. The summed E-state index contributed by atoms with van der Waals surface area (Å²) < 4.78 is 15.2. The number of benzene rings is 2. The van der Waals surface area contributed by atoms with Crippen LogP contribution in [0.2, 0.25) is 0 Å². The molecule has 0 aliphatic carbocycles. The summed E-state index contributed by atoms with van der Waals surface area (Å²) in [5, 5.41) is 3.15. The Labute approximate surface area is 109 Å². The maximum Gasteiger partial charge on any atom is 0.131 e. The molecule has 3 rings (SSSR count). The molecule has 0 unspecified atom stereocenters. The van der Waals surface area contributed by atoms with Crippen LogP contribution in [0.4, 0.5) is 10.1 Å². The molecule has 0 bridgehead atoms. The van der Waals surface area contributed by atoms with Gasteiger partial charge < -0.3 is 5.73 Å². The van der Waals surface area contributed by atoms with Gasteiger partial charge in [0.15, 0.2) is 0 Å². The predicted octanol–water partition coefficient (Wildman–Crippen LogP) is 4.60. The summed E-state index contributed by atoms with van der Waals surface area (Å²) in [6.07, 6.45) is 0. The number of rotatable bonds is 1. The molecule has 0 aliphatic rings. The number of nitrogens with two attached hydrogens (primary N) is 1. The Morgan fingerprint density at radius 1 is 1.11 bits per heavy atom. The summed E-state index contributed by atoms with van der Waals surface area (Å²) in [5.41, 5.74) is 8.76. The van der Waals surface area contributed by atoms with Crippen molar-refractivity contribution in [3.05, 3.63) is 53.2 Å².